The summed E-state index contributed by atoms with van der Waals surface area (Å²) in [5, 5.41) is 9.90. The number of phenols is 1. The van der Waals surface area contributed by atoms with Crippen molar-refractivity contribution in [3.05, 3.63) is 23.8 Å². The van der Waals surface area contributed by atoms with Crippen LogP contribution in [-0.4, -0.2) is 43.1 Å². The molecule has 0 spiro atoms. The van der Waals surface area contributed by atoms with E-state index in [-0.39, 0.29) is 11.7 Å². The fourth-order valence-corrected chi connectivity index (χ4v) is 2.24. The minimum Gasteiger partial charge on any atom is -0.506 e. The van der Waals surface area contributed by atoms with E-state index < -0.39 is 0 Å². The van der Waals surface area contributed by atoms with Gasteiger partial charge in [-0.3, -0.25) is 4.79 Å². The molecule has 4 heteroatoms. The molecular formula is C13H18N2O2. The van der Waals surface area contributed by atoms with Gasteiger partial charge in [0.05, 0.1) is 12.2 Å². The first-order chi connectivity index (χ1) is 8.09. The zero-order valence-corrected chi connectivity index (χ0v) is 10.3. The van der Waals surface area contributed by atoms with Crippen molar-refractivity contribution in [2.24, 2.45) is 0 Å². The molecule has 1 N–H and O–H groups in total. The van der Waals surface area contributed by atoms with Crippen molar-refractivity contribution in [3.63, 3.8) is 0 Å². The summed E-state index contributed by atoms with van der Waals surface area (Å²) in [6, 6.07) is 5.44. The van der Waals surface area contributed by atoms with Crippen molar-refractivity contribution in [2.45, 2.75) is 12.8 Å². The predicted octanol–water partition coefficient (Wildman–Crippen LogP) is 1.23. The van der Waals surface area contributed by atoms with Gasteiger partial charge in [-0.1, -0.05) is 12.1 Å². The molecule has 0 bridgehead atoms. The largest absolute Gasteiger partial charge is 0.506 e. The Bertz CT molecular complexity index is 429. The van der Waals surface area contributed by atoms with Crippen LogP contribution in [0.5, 0.6) is 5.75 Å². The highest BCUT2D eigenvalue weighted by Gasteiger charge is 2.25. The van der Waals surface area contributed by atoms with Crippen molar-refractivity contribution in [3.8, 4) is 5.75 Å². The molecule has 0 radical (unpaired) electrons. The first-order valence-corrected chi connectivity index (χ1v) is 5.85. The average molecular weight is 234 g/mol. The van der Waals surface area contributed by atoms with E-state index in [1.807, 2.05) is 31.1 Å². The maximum atomic E-state index is 12.1. The number of anilines is 1. The van der Waals surface area contributed by atoms with E-state index in [9.17, 15) is 9.90 Å². The second-order valence-corrected chi connectivity index (χ2v) is 4.67. The normalized spacial score (nSPS) is 14.9. The Kier molecular flexibility index (Phi) is 3.33. The summed E-state index contributed by atoms with van der Waals surface area (Å²) in [7, 11) is 3.74. The number of aryl methyl sites for hydroxylation is 1. The van der Waals surface area contributed by atoms with E-state index in [1.165, 1.54) is 0 Å². The fourth-order valence-electron chi connectivity index (χ4n) is 2.24. The Labute approximate surface area is 101 Å². The van der Waals surface area contributed by atoms with Crippen molar-refractivity contribution < 1.29 is 9.90 Å². The molecule has 2 rings (SSSR count). The molecule has 0 saturated heterocycles. The molecule has 0 atom stereocenters. The lowest BCUT2D eigenvalue weighted by Crippen LogP contribution is -2.40. The number of carbonyl (C=O) groups is 1. The number of nitrogens with zero attached hydrogens (tertiary/aromatic N) is 2. The number of fused-ring (bicyclic) bond motifs is 1. The number of phenolic OH excluding ortho intramolecular Hbond substituents is 1. The summed E-state index contributed by atoms with van der Waals surface area (Å²) in [6.45, 7) is 1.06. The van der Waals surface area contributed by atoms with Gasteiger partial charge in [-0.05, 0) is 38.6 Å². The van der Waals surface area contributed by atoms with Crippen LogP contribution >= 0.6 is 0 Å². The second kappa shape index (κ2) is 4.75. The molecule has 1 heterocycles. The molecule has 0 aromatic heterocycles. The lowest BCUT2D eigenvalue weighted by molar-refractivity contribution is -0.119. The Morgan fingerprint density at radius 1 is 1.47 bits per heavy atom. The number of para-hydroxylation sites is 1. The Morgan fingerprint density at radius 2 is 2.24 bits per heavy atom. The number of rotatable bonds is 2. The molecule has 92 valence electrons. The first-order valence-electron chi connectivity index (χ1n) is 5.85. The molecule has 1 aromatic carbocycles. The number of likely N-dealkylation sites (N-methyl/N-ethyl adjacent to an activating group) is 1. The van der Waals surface area contributed by atoms with Gasteiger partial charge in [-0.2, -0.15) is 0 Å². The number of hydrogen-bond acceptors (Lipinski definition) is 3. The summed E-state index contributed by atoms with van der Waals surface area (Å²) < 4.78 is 0. The number of hydrogen-bond donors (Lipinski definition) is 1. The summed E-state index contributed by atoms with van der Waals surface area (Å²) in [6.07, 6.45) is 1.88. The minimum absolute atomic E-state index is 0.0393. The zero-order valence-electron chi connectivity index (χ0n) is 10.3. The molecular weight excluding hydrogens is 216 g/mol. The monoisotopic (exact) mass is 234 g/mol. The summed E-state index contributed by atoms with van der Waals surface area (Å²) >= 11 is 0. The highest BCUT2D eigenvalue weighted by molar-refractivity contribution is 5.97. The second-order valence-electron chi connectivity index (χ2n) is 4.67. The van der Waals surface area contributed by atoms with Gasteiger partial charge < -0.3 is 14.9 Å². The van der Waals surface area contributed by atoms with E-state index in [1.54, 1.807) is 11.0 Å². The Balaban J connectivity index is 2.31. The smallest absolute Gasteiger partial charge is 0.241 e. The fraction of sp³-hybridized carbons (Fsp3) is 0.462. The van der Waals surface area contributed by atoms with Gasteiger partial charge in [0.15, 0.2) is 0 Å². The lowest BCUT2D eigenvalue weighted by Gasteiger charge is -2.30. The van der Waals surface area contributed by atoms with Crippen LogP contribution in [0.1, 0.15) is 12.0 Å². The predicted molar refractivity (Wildman–Crippen MR) is 67.3 cm³/mol. The maximum Gasteiger partial charge on any atom is 0.241 e. The van der Waals surface area contributed by atoms with Crippen LogP contribution in [0.3, 0.4) is 0 Å². The van der Waals surface area contributed by atoms with Gasteiger partial charge in [-0.15, -0.1) is 0 Å². The molecule has 0 saturated carbocycles. The third kappa shape index (κ3) is 2.42. The lowest BCUT2D eigenvalue weighted by atomic mass is 10.0. The van der Waals surface area contributed by atoms with Gasteiger partial charge in [0.25, 0.3) is 0 Å². The number of carbonyl (C=O) groups excluding carboxylic acids is 1. The molecule has 1 amide bonds. The minimum atomic E-state index is 0.0393. The first kappa shape index (κ1) is 11.9. The van der Waals surface area contributed by atoms with Crippen LogP contribution in [-0.2, 0) is 11.2 Å². The van der Waals surface area contributed by atoms with Crippen LogP contribution in [0.25, 0.3) is 0 Å². The SMILES string of the molecule is CN(C)CC(=O)N1CCCc2cccc(O)c21. The van der Waals surface area contributed by atoms with Crippen LogP contribution < -0.4 is 4.90 Å². The third-order valence-electron chi connectivity index (χ3n) is 2.95. The third-order valence-corrected chi connectivity index (χ3v) is 2.95. The van der Waals surface area contributed by atoms with E-state index >= 15 is 0 Å². The average Bonchev–Trinajstić information content (AvgIpc) is 2.28. The molecule has 0 fully saturated rings. The summed E-state index contributed by atoms with van der Waals surface area (Å²) in [4.78, 5) is 15.6. The van der Waals surface area contributed by atoms with Crippen LogP contribution in [0.2, 0.25) is 0 Å². The Morgan fingerprint density at radius 3 is 2.94 bits per heavy atom. The standard InChI is InChI=1S/C13H18N2O2/c1-14(2)9-12(17)15-8-4-6-10-5-3-7-11(16)13(10)15/h3,5,7,16H,4,6,8-9H2,1-2H3. The van der Waals surface area contributed by atoms with Gasteiger partial charge in [-0.25, -0.2) is 0 Å². The quantitative estimate of drug-likeness (QED) is 0.837. The van der Waals surface area contributed by atoms with Crippen LogP contribution in [0.15, 0.2) is 18.2 Å². The van der Waals surface area contributed by atoms with E-state index in [0.717, 1.165) is 18.4 Å². The molecule has 1 aromatic rings. The highest BCUT2D eigenvalue weighted by Crippen LogP contribution is 2.35. The topological polar surface area (TPSA) is 43.8 Å². The molecule has 4 nitrogen and oxygen atoms in total. The zero-order chi connectivity index (χ0) is 12.4. The van der Waals surface area contributed by atoms with Crippen LogP contribution in [0.4, 0.5) is 5.69 Å². The van der Waals surface area contributed by atoms with E-state index in [2.05, 4.69) is 0 Å². The van der Waals surface area contributed by atoms with Gasteiger partial charge >= 0.3 is 0 Å². The molecule has 17 heavy (non-hydrogen) atoms. The molecule has 1 aliphatic heterocycles. The number of aromatic hydroxyl groups is 1. The maximum absolute atomic E-state index is 12.1. The van der Waals surface area contributed by atoms with E-state index in [4.69, 9.17) is 0 Å². The van der Waals surface area contributed by atoms with Crippen molar-refractivity contribution in [1.29, 1.82) is 0 Å². The summed E-state index contributed by atoms with van der Waals surface area (Å²) in [5.41, 5.74) is 1.76. The van der Waals surface area contributed by atoms with Gasteiger partial charge in [0, 0.05) is 6.54 Å². The van der Waals surface area contributed by atoms with Crippen molar-refractivity contribution in [1.82, 2.24) is 4.90 Å². The highest BCUT2D eigenvalue weighted by atomic mass is 16.3. The Hall–Kier alpha value is -1.55. The van der Waals surface area contributed by atoms with E-state index in [0.29, 0.717) is 18.8 Å². The number of benzene rings is 1. The molecule has 1 aliphatic rings. The van der Waals surface area contributed by atoms with Gasteiger partial charge in [0.1, 0.15) is 5.75 Å². The van der Waals surface area contributed by atoms with Crippen LogP contribution in [0, 0.1) is 0 Å². The van der Waals surface area contributed by atoms with Gasteiger partial charge in [0.2, 0.25) is 5.91 Å². The number of amides is 1. The molecule has 0 unspecified atom stereocenters. The summed E-state index contributed by atoms with van der Waals surface area (Å²) in [5.74, 6) is 0.242. The van der Waals surface area contributed by atoms with Crippen molar-refractivity contribution in [2.75, 3.05) is 32.1 Å². The molecule has 0 aliphatic carbocycles. The van der Waals surface area contributed by atoms with Crippen molar-refractivity contribution >= 4 is 11.6 Å².